The molecule has 3 heteroatoms. The number of hydrogen-bond acceptors (Lipinski definition) is 3. The summed E-state index contributed by atoms with van der Waals surface area (Å²) in [6.07, 6.45) is 0.781. The van der Waals surface area contributed by atoms with Crippen molar-refractivity contribution < 1.29 is 9.53 Å². The highest BCUT2D eigenvalue weighted by atomic mass is 16.5. The number of nitrogens with one attached hydrogen (secondary N) is 1. The van der Waals surface area contributed by atoms with Crippen molar-refractivity contribution in [2.45, 2.75) is 20.3 Å². The van der Waals surface area contributed by atoms with Crippen LogP contribution in [0.15, 0.2) is 18.2 Å². The quantitative estimate of drug-likeness (QED) is 0.774. The Kier molecular flexibility index (Phi) is 3.13. The summed E-state index contributed by atoms with van der Waals surface area (Å²) in [5.41, 5.74) is 3.63. The average Bonchev–Trinajstić information content (AvgIpc) is 2.29. The molecule has 86 valence electrons. The Morgan fingerprint density at radius 1 is 1.56 bits per heavy atom. The Hall–Kier alpha value is -1.51. The van der Waals surface area contributed by atoms with Gasteiger partial charge in [0.25, 0.3) is 0 Å². The number of hydrogen-bond donors (Lipinski definition) is 1. The van der Waals surface area contributed by atoms with E-state index in [-0.39, 0.29) is 11.9 Å². The van der Waals surface area contributed by atoms with Crippen molar-refractivity contribution in [3.63, 3.8) is 0 Å². The van der Waals surface area contributed by atoms with Crippen LogP contribution in [0.5, 0.6) is 0 Å². The molecule has 16 heavy (non-hydrogen) atoms. The summed E-state index contributed by atoms with van der Waals surface area (Å²) < 4.78 is 5.05. The van der Waals surface area contributed by atoms with Gasteiger partial charge in [0.1, 0.15) is 0 Å². The van der Waals surface area contributed by atoms with Gasteiger partial charge in [-0.15, -0.1) is 0 Å². The summed E-state index contributed by atoms with van der Waals surface area (Å²) in [4.78, 5) is 11.6. The van der Waals surface area contributed by atoms with E-state index in [0.29, 0.717) is 13.2 Å². The molecule has 1 aromatic carbocycles. The first-order valence-electron chi connectivity index (χ1n) is 5.71. The second-order valence-corrected chi connectivity index (χ2v) is 4.14. The van der Waals surface area contributed by atoms with Gasteiger partial charge in [-0.05, 0) is 31.4 Å². The molecule has 1 heterocycles. The summed E-state index contributed by atoms with van der Waals surface area (Å²) in [6, 6.07) is 6.18. The van der Waals surface area contributed by atoms with Crippen LogP contribution in [0.4, 0.5) is 5.69 Å². The van der Waals surface area contributed by atoms with E-state index in [0.717, 1.165) is 6.42 Å². The molecule has 0 aromatic heterocycles. The maximum Gasteiger partial charge on any atom is 0.311 e. The third-order valence-corrected chi connectivity index (χ3v) is 2.97. The number of carbonyl (C=O) groups excluding carboxylic acids is 1. The molecule has 0 radical (unpaired) electrons. The van der Waals surface area contributed by atoms with E-state index in [1.165, 1.54) is 16.8 Å². The lowest BCUT2D eigenvalue weighted by atomic mass is 9.92. The zero-order valence-electron chi connectivity index (χ0n) is 9.75. The van der Waals surface area contributed by atoms with Gasteiger partial charge >= 0.3 is 5.97 Å². The van der Waals surface area contributed by atoms with Crippen molar-refractivity contribution in [2.75, 3.05) is 18.5 Å². The average molecular weight is 219 g/mol. The number of ether oxygens (including phenoxy) is 1. The van der Waals surface area contributed by atoms with Gasteiger partial charge in [-0.3, -0.25) is 4.79 Å². The first-order chi connectivity index (χ1) is 7.72. The molecule has 0 unspecified atom stereocenters. The van der Waals surface area contributed by atoms with E-state index in [1.807, 2.05) is 13.0 Å². The van der Waals surface area contributed by atoms with Crippen molar-refractivity contribution in [3.8, 4) is 0 Å². The summed E-state index contributed by atoms with van der Waals surface area (Å²) in [7, 11) is 0. The third-order valence-electron chi connectivity index (χ3n) is 2.97. The van der Waals surface area contributed by atoms with Crippen LogP contribution < -0.4 is 5.32 Å². The summed E-state index contributed by atoms with van der Waals surface area (Å²) >= 11 is 0. The van der Waals surface area contributed by atoms with Crippen LogP contribution in [0.1, 0.15) is 18.1 Å². The van der Waals surface area contributed by atoms with Crippen LogP contribution >= 0.6 is 0 Å². The number of anilines is 1. The Labute approximate surface area is 95.8 Å². The molecular formula is C13H17NO2. The maximum absolute atomic E-state index is 11.6. The molecule has 0 saturated carbocycles. The van der Waals surface area contributed by atoms with Gasteiger partial charge in [-0.1, -0.05) is 18.2 Å². The Morgan fingerprint density at radius 2 is 2.38 bits per heavy atom. The lowest BCUT2D eigenvalue weighted by Gasteiger charge is -2.26. The molecule has 0 spiro atoms. The van der Waals surface area contributed by atoms with Crippen LogP contribution in [0.25, 0.3) is 0 Å². The summed E-state index contributed by atoms with van der Waals surface area (Å²) in [5.74, 6) is -0.142. The Bertz CT molecular complexity index is 401. The highest BCUT2D eigenvalue weighted by Gasteiger charge is 2.25. The predicted molar refractivity (Wildman–Crippen MR) is 63.5 cm³/mol. The highest BCUT2D eigenvalue weighted by Crippen LogP contribution is 2.28. The van der Waals surface area contributed by atoms with Gasteiger partial charge < -0.3 is 10.1 Å². The minimum atomic E-state index is -0.0952. The zero-order valence-corrected chi connectivity index (χ0v) is 9.75. The van der Waals surface area contributed by atoms with Gasteiger partial charge in [0, 0.05) is 12.2 Å². The molecule has 0 bridgehead atoms. The molecule has 0 amide bonds. The summed E-state index contributed by atoms with van der Waals surface area (Å²) in [6.45, 7) is 5.05. The predicted octanol–water partition coefficient (Wildman–Crippen LogP) is 2.14. The van der Waals surface area contributed by atoms with Crippen LogP contribution in [-0.4, -0.2) is 19.1 Å². The van der Waals surface area contributed by atoms with Gasteiger partial charge in [-0.25, -0.2) is 0 Å². The second-order valence-electron chi connectivity index (χ2n) is 4.14. The molecule has 2 rings (SSSR count). The van der Waals surface area contributed by atoms with E-state index in [2.05, 4.69) is 24.4 Å². The van der Waals surface area contributed by atoms with Gasteiger partial charge in [0.05, 0.1) is 12.5 Å². The van der Waals surface area contributed by atoms with E-state index >= 15 is 0 Å². The standard InChI is InChI=1S/C13H17NO2/c1-3-16-13(15)11-7-10-6-4-5-9(2)12(10)14-8-11/h4-6,11,14H,3,7-8H2,1-2H3/t11-/m1/s1. The van der Waals surface area contributed by atoms with Crippen LogP contribution in [0, 0.1) is 12.8 Å². The molecule has 1 aromatic rings. The highest BCUT2D eigenvalue weighted by molar-refractivity contribution is 5.76. The molecule has 1 aliphatic rings. The molecule has 0 saturated heterocycles. The number of fused-ring (bicyclic) bond motifs is 1. The fourth-order valence-corrected chi connectivity index (χ4v) is 2.14. The first-order valence-corrected chi connectivity index (χ1v) is 5.71. The van der Waals surface area contributed by atoms with E-state index in [9.17, 15) is 4.79 Å². The number of rotatable bonds is 2. The van der Waals surface area contributed by atoms with Gasteiger partial charge in [-0.2, -0.15) is 0 Å². The van der Waals surface area contributed by atoms with Crippen molar-refractivity contribution >= 4 is 11.7 Å². The minimum absolute atomic E-state index is 0.0470. The number of benzene rings is 1. The second kappa shape index (κ2) is 4.56. The smallest absolute Gasteiger partial charge is 0.311 e. The van der Waals surface area contributed by atoms with Crippen LogP contribution in [0.2, 0.25) is 0 Å². The SMILES string of the molecule is CCOC(=O)[C@H]1CNc2c(C)cccc2C1. The van der Waals surface area contributed by atoms with E-state index in [1.54, 1.807) is 0 Å². The third kappa shape index (κ3) is 2.03. The monoisotopic (exact) mass is 219 g/mol. The number of esters is 1. The molecule has 3 nitrogen and oxygen atoms in total. The van der Waals surface area contributed by atoms with Gasteiger partial charge in [0.15, 0.2) is 0 Å². The van der Waals surface area contributed by atoms with Gasteiger partial charge in [0.2, 0.25) is 0 Å². The van der Waals surface area contributed by atoms with Crippen molar-refractivity contribution in [2.24, 2.45) is 5.92 Å². The number of carbonyl (C=O) groups is 1. The van der Waals surface area contributed by atoms with Crippen molar-refractivity contribution in [1.82, 2.24) is 0 Å². The molecule has 1 N–H and O–H groups in total. The first kappa shape index (κ1) is 11.0. The topological polar surface area (TPSA) is 38.3 Å². The molecule has 0 aliphatic carbocycles. The van der Waals surface area contributed by atoms with E-state index in [4.69, 9.17) is 4.74 Å². The van der Waals surface area contributed by atoms with Crippen molar-refractivity contribution in [3.05, 3.63) is 29.3 Å². The lowest BCUT2D eigenvalue weighted by Crippen LogP contribution is -2.31. The largest absolute Gasteiger partial charge is 0.466 e. The number of para-hydroxylation sites is 1. The number of aryl methyl sites for hydroxylation is 1. The molecular weight excluding hydrogens is 202 g/mol. The van der Waals surface area contributed by atoms with Crippen LogP contribution in [0.3, 0.4) is 0 Å². The Morgan fingerprint density at radius 3 is 3.12 bits per heavy atom. The molecule has 1 aliphatic heterocycles. The zero-order chi connectivity index (χ0) is 11.5. The molecule has 1 atom stereocenters. The van der Waals surface area contributed by atoms with E-state index < -0.39 is 0 Å². The fourth-order valence-electron chi connectivity index (χ4n) is 2.14. The lowest BCUT2D eigenvalue weighted by molar-refractivity contribution is -0.147. The summed E-state index contributed by atoms with van der Waals surface area (Å²) in [5, 5.41) is 3.32. The van der Waals surface area contributed by atoms with Crippen molar-refractivity contribution in [1.29, 1.82) is 0 Å². The normalized spacial score (nSPS) is 18.5. The fraction of sp³-hybridized carbons (Fsp3) is 0.462. The van der Waals surface area contributed by atoms with Crippen LogP contribution in [-0.2, 0) is 16.0 Å². The Balaban J connectivity index is 2.15. The minimum Gasteiger partial charge on any atom is -0.466 e. The molecule has 0 fully saturated rings. The maximum atomic E-state index is 11.6.